The van der Waals surface area contributed by atoms with E-state index in [1.807, 2.05) is 0 Å². The van der Waals surface area contributed by atoms with Crippen LogP contribution in [0.3, 0.4) is 0 Å². The van der Waals surface area contributed by atoms with E-state index in [4.69, 9.17) is 0 Å². The minimum Gasteiger partial charge on any atom is -0.351 e. The molecule has 15 heavy (non-hydrogen) atoms. The Labute approximate surface area is 90.0 Å². The highest BCUT2D eigenvalue weighted by Gasteiger charge is 2.18. The number of fused-ring (bicyclic) bond motifs is 1. The molecule has 0 fully saturated rings. The Balaban J connectivity index is 2.48. The van der Waals surface area contributed by atoms with E-state index in [0.29, 0.717) is 12.1 Å². The number of non-ortho nitro benzene ring substituents is 1. The summed E-state index contributed by atoms with van der Waals surface area (Å²) in [6.45, 7) is 0.589. The lowest BCUT2D eigenvalue weighted by Gasteiger charge is -2.02. The fourth-order valence-electron chi connectivity index (χ4n) is 1.36. The number of carbonyl (C=O) groups excluding carboxylic acids is 1. The molecule has 0 unspecified atom stereocenters. The van der Waals surface area contributed by atoms with Gasteiger partial charge in [-0.25, -0.2) is 0 Å². The summed E-state index contributed by atoms with van der Waals surface area (Å²) < 4.78 is 0. The van der Waals surface area contributed by atoms with Crippen molar-refractivity contribution in [1.82, 2.24) is 5.32 Å². The van der Waals surface area contributed by atoms with Gasteiger partial charge in [0.25, 0.3) is 11.6 Å². The molecule has 0 saturated heterocycles. The standard InChI is InChI=1S/C9H8N2O3S/c12-9-7-5-6(11(13)14)1-2-8(7)15-4-3-10-9/h1-2,5H,3-4H2,(H,10,12). The molecule has 78 valence electrons. The number of hydrogen-bond donors (Lipinski definition) is 1. The zero-order chi connectivity index (χ0) is 10.8. The second kappa shape index (κ2) is 3.90. The molecule has 0 atom stereocenters. The number of hydrogen-bond acceptors (Lipinski definition) is 4. The third-order valence-corrected chi connectivity index (χ3v) is 3.14. The summed E-state index contributed by atoms with van der Waals surface area (Å²) >= 11 is 1.53. The summed E-state index contributed by atoms with van der Waals surface area (Å²) in [5.74, 6) is 0.551. The Bertz CT molecular complexity index is 433. The SMILES string of the molecule is O=C1NCCSc2ccc([N+](=O)[O-])cc21. The molecule has 0 aliphatic carbocycles. The van der Waals surface area contributed by atoms with Crippen molar-refractivity contribution in [2.75, 3.05) is 12.3 Å². The molecule has 0 bridgehead atoms. The number of nitrogens with one attached hydrogen (secondary N) is 1. The number of thioether (sulfide) groups is 1. The van der Waals surface area contributed by atoms with Gasteiger partial charge in [0, 0.05) is 29.3 Å². The fraction of sp³-hybridized carbons (Fsp3) is 0.222. The van der Waals surface area contributed by atoms with Crippen molar-refractivity contribution in [3.05, 3.63) is 33.9 Å². The lowest BCUT2D eigenvalue weighted by atomic mass is 10.2. The van der Waals surface area contributed by atoms with Crippen LogP contribution in [0.2, 0.25) is 0 Å². The van der Waals surface area contributed by atoms with E-state index >= 15 is 0 Å². The molecule has 1 aliphatic rings. The maximum atomic E-state index is 11.5. The molecule has 1 N–H and O–H groups in total. The Morgan fingerprint density at radius 3 is 3.00 bits per heavy atom. The summed E-state index contributed by atoms with van der Waals surface area (Å²) in [4.78, 5) is 22.4. The van der Waals surface area contributed by atoms with E-state index in [2.05, 4.69) is 5.32 Å². The highest BCUT2D eigenvalue weighted by molar-refractivity contribution is 7.99. The van der Waals surface area contributed by atoms with E-state index in [1.165, 1.54) is 23.9 Å². The predicted molar refractivity (Wildman–Crippen MR) is 56.2 cm³/mol. The summed E-state index contributed by atoms with van der Waals surface area (Å²) in [6, 6.07) is 4.37. The third-order valence-electron chi connectivity index (χ3n) is 2.06. The molecule has 2 rings (SSSR count). The molecule has 0 aromatic heterocycles. The molecular weight excluding hydrogens is 216 g/mol. The van der Waals surface area contributed by atoms with Crippen molar-refractivity contribution in [1.29, 1.82) is 0 Å². The van der Waals surface area contributed by atoms with E-state index in [0.717, 1.165) is 10.6 Å². The van der Waals surface area contributed by atoms with Gasteiger partial charge in [-0.05, 0) is 6.07 Å². The normalized spacial score (nSPS) is 15.1. The first-order chi connectivity index (χ1) is 7.18. The number of nitro benzene ring substituents is 1. The lowest BCUT2D eigenvalue weighted by Crippen LogP contribution is -2.23. The van der Waals surface area contributed by atoms with Crippen LogP contribution in [0.4, 0.5) is 5.69 Å². The summed E-state index contributed by atoms with van der Waals surface area (Å²) in [5, 5.41) is 13.2. The van der Waals surface area contributed by atoms with Gasteiger partial charge in [-0.2, -0.15) is 0 Å². The van der Waals surface area contributed by atoms with Crippen LogP contribution in [-0.4, -0.2) is 23.1 Å². The Morgan fingerprint density at radius 2 is 2.27 bits per heavy atom. The number of amides is 1. The Hall–Kier alpha value is -1.56. The highest BCUT2D eigenvalue weighted by atomic mass is 32.2. The number of nitro groups is 1. The second-order valence-corrected chi connectivity index (χ2v) is 4.18. The van der Waals surface area contributed by atoms with Crippen LogP contribution in [0.1, 0.15) is 10.4 Å². The topological polar surface area (TPSA) is 72.2 Å². The van der Waals surface area contributed by atoms with Gasteiger partial charge >= 0.3 is 0 Å². The van der Waals surface area contributed by atoms with E-state index < -0.39 is 4.92 Å². The molecule has 1 aromatic rings. The van der Waals surface area contributed by atoms with Crippen molar-refractivity contribution in [3.8, 4) is 0 Å². The van der Waals surface area contributed by atoms with Gasteiger partial charge in [0.05, 0.1) is 10.5 Å². The zero-order valence-electron chi connectivity index (χ0n) is 7.73. The molecule has 0 radical (unpaired) electrons. The van der Waals surface area contributed by atoms with Crippen molar-refractivity contribution in [2.24, 2.45) is 0 Å². The van der Waals surface area contributed by atoms with Gasteiger partial charge < -0.3 is 5.32 Å². The first-order valence-electron chi connectivity index (χ1n) is 4.38. The van der Waals surface area contributed by atoms with Gasteiger partial charge in [-0.3, -0.25) is 14.9 Å². The first-order valence-corrected chi connectivity index (χ1v) is 5.36. The van der Waals surface area contributed by atoms with Gasteiger partial charge in [0.1, 0.15) is 0 Å². The first kappa shape index (κ1) is 9.97. The molecule has 1 heterocycles. The maximum Gasteiger partial charge on any atom is 0.270 e. The van der Waals surface area contributed by atoms with Crippen LogP contribution in [-0.2, 0) is 0 Å². The molecule has 5 nitrogen and oxygen atoms in total. The lowest BCUT2D eigenvalue weighted by molar-refractivity contribution is -0.384. The molecule has 0 saturated carbocycles. The minimum atomic E-state index is -0.497. The second-order valence-electron chi connectivity index (χ2n) is 3.04. The van der Waals surface area contributed by atoms with E-state index in [-0.39, 0.29) is 11.6 Å². The molecule has 1 aromatic carbocycles. The summed E-state index contributed by atoms with van der Waals surface area (Å²) in [5.41, 5.74) is 0.345. The van der Waals surface area contributed by atoms with Crippen LogP contribution in [0.25, 0.3) is 0 Å². The number of nitrogens with zero attached hydrogens (tertiary/aromatic N) is 1. The molecule has 1 amide bonds. The van der Waals surface area contributed by atoms with Gasteiger partial charge in [0.15, 0.2) is 0 Å². The average Bonchev–Trinajstić information content (AvgIpc) is 2.40. The highest BCUT2D eigenvalue weighted by Crippen LogP contribution is 2.27. The van der Waals surface area contributed by atoms with Gasteiger partial charge in [0.2, 0.25) is 0 Å². The maximum absolute atomic E-state index is 11.5. The number of carbonyl (C=O) groups is 1. The third kappa shape index (κ3) is 1.94. The molecule has 1 aliphatic heterocycles. The van der Waals surface area contributed by atoms with Gasteiger partial charge in [-0.1, -0.05) is 0 Å². The molecule has 0 spiro atoms. The van der Waals surface area contributed by atoms with Crippen molar-refractivity contribution in [2.45, 2.75) is 4.90 Å². The Kier molecular flexibility index (Phi) is 2.59. The molecule has 6 heteroatoms. The van der Waals surface area contributed by atoms with Crippen molar-refractivity contribution < 1.29 is 9.72 Å². The van der Waals surface area contributed by atoms with Crippen LogP contribution in [0, 0.1) is 10.1 Å². The van der Waals surface area contributed by atoms with Crippen molar-refractivity contribution >= 4 is 23.4 Å². The minimum absolute atomic E-state index is 0.0496. The monoisotopic (exact) mass is 224 g/mol. The van der Waals surface area contributed by atoms with Gasteiger partial charge in [-0.15, -0.1) is 11.8 Å². The van der Waals surface area contributed by atoms with Crippen LogP contribution in [0.15, 0.2) is 23.1 Å². The van der Waals surface area contributed by atoms with Crippen LogP contribution >= 0.6 is 11.8 Å². The number of benzene rings is 1. The van der Waals surface area contributed by atoms with Crippen LogP contribution in [0.5, 0.6) is 0 Å². The fourth-order valence-corrected chi connectivity index (χ4v) is 2.25. The smallest absolute Gasteiger partial charge is 0.270 e. The number of rotatable bonds is 1. The van der Waals surface area contributed by atoms with Crippen molar-refractivity contribution in [3.63, 3.8) is 0 Å². The largest absolute Gasteiger partial charge is 0.351 e. The van der Waals surface area contributed by atoms with E-state index in [1.54, 1.807) is 6.07 Å². The molecular formula is C9H8N2O3S. The van der Waals surface area contributed by atoms with E-state index in [9.17, 15) is 14.9 Å². The quantitative estimate of drug-likeness (QED) is 0.578. The summed E-state index contributed by atoms with van der Waals surface area (Å²) in [7, 11) is 0. The van der Waals surface area contributed by atoms with Crippen LogP contribution < -0.4 is 5.32 Å². The predicted octanol–water partition coefficient (Wildman–Crippen LogP) is 1.43. The average molecular weight is 224 g/mol. The zero-order valence-corrected chi connectivity index (χ0v) is 8.54. The summed E-state index contributed by atoms with van der Waals surface area (Å²) in [6.07, 6.45) is 0. The Morgan fingerprint density at radius 1 is 1.47 bits per heavy atom.